The first kappa shape index (κ1) is 20.0. The van der Waals surface area contributed by atoms with Gasteiger partial charge < -0.3 is 0 Å². The molecule has 0 unspecified atom stereocenters. The third-order valence-corrected chi connectivity index (χ3v) is 4.47. The van der Waals surface area contributed by atoms with Crippen LogP contribution in [0.3, 0.4) is 0 Å². The molecule has 122 valence electrons. The molecule has 1 rings (SSSR count). The fourth-order valence-electron chi connectivity index (χ4n) is 1.79. The van der Waals surface area contributed by atoms with Gasteiger partial charge in [0.2, 0.25) is 0 Å². The molecule has 3 N–H and O–H groups in total. The summed E-state index contributed by atoms with van der Waals surface area (Å²) >= 11 is 0.230. The number of ether oxygens (including phenoxy) is 2. The summed E-state index contributed by atoms with van der Waals surface area (Å²) in [5.41, 5.74) is -1.01. The van der Waals surface area contributed by atoms with Gasteiger partial charge in [0.1, 0.15) is 0 Å². The number of aliphatic hydroxyl groups excluding tert-OH is 2. The number of benzene rings is 1. The Morgan fingerprint density at radius 1 is 1.04 bits per heavy atom. The summed E-state index contributed by atoms with van der Waals surface area (Å²) < 4.78 is 42.3. The fraction of sp³-hybridized carbons (Fsp3) is 0.333. The fourth-order valence-corrected chi connectivity index (χ4v) is 3.52. The summed E-state index contributed by atoms with van der Waals surface area (Å²) in [5.74, 6) is -2.21. The molecule has 0 fully saturated rings. The van der Waals surface area contributed by atoms with Crippen molar-refractivity contribution in [2.45, 2.75) is 4.90 Å². The number of aliphatic hydroxyl groups is 2. The van der Waals surface area contributed by atoms with Gasteiger partial charge in [-0.2, -0.15) is 0 Å². The maximum absolute atomic E-state index is 12.0. The Kier molecular flexibility index (Phi) is 7.61. The monoisotopic (exact) mass is 356 g/mol. The molecular formula is C12H13NaO9S. The van der Waals surface area contributed by atoms with E-state index in [9.17, 15) is 22.6 Å². The van der Waals surface area contributed by atoms with Crippen molar-refractivity contribution in [3.63, 3.8) is 0 Å². The van der Waals surface area contributed by atoms with Crippen LogP contribution in [0.25, 0.3) is 0 Å². The van der Waals surface area contributed by atoms with Crippen LogP contribution < -0.4 is 2.81 Å². The van der Waals surface area contributed by atoms with Crippen LogP contribution in [0.5, 0.6) is 0 Å². The van der Waals surface area contributed by atoms with Crippen LogP contribution in [0, 0.1) is 0 Å². The van der Waals surface area contributed by atoms with E-state index in [1.165, 1.54) is 6.07 Å². The molecule has 0 spiro atoms. The predicted octanol–water partition coefficient (Wildman–Crippen LogP) is -1.97. The van der Waals surface area contributed by atoms with Crippen LogP contribution in [-0.4, -0.2) is 89.5 Å². The van der Waals surface area contributed by atoms with Gasteiger partial charge in [-0.3, -0.25) is 0 Å². The van der Waals surface area contributed by atoms with E-state index in [1.807, 2.05) is 0 Å². The Bertz CT molecular complexity index is 699. The van der Waals surface area contributed by atoms with Gasteiger partial charge >= 0.3 is 150 Å². The van der Waals surface area contributed by atoms with E-state index in [0.717, 1.165) is 6.07 Å². The van der Waals surface area contributed by atoms with Crippen LogP contribution in [0.1, 0.15) is 20.7 Å². The molecule has 9 nitrogen and oxygen atoms in total. The zero-order chi connectivity index (χ0) is 17.6. The van der Waals surface area contributed by atoms with Crippen molar-refractivity contribution in [2.75, 3.05) is 26.4 Å². The van der Waals surface area contributed by atoms with Crippen LogP contribution in [0.2, 0.25) is 0 Å². The molecule has 0 atom stereocenters. The Morgan fingerprint density at radius 3 is 2.04 bits per heavy atom. The second-order valence-corrected chi connectivity index (χ2v) is 6.76. The van der Waals surface area contributed by atoms with Gasteiger partial charge in [-0.1, -0.05) is 0 Å². The Balaban J connectivity index is 3.50. The van der Waals surface area contributed by atoms with Crippen LogP contribution in [0.15, 0.2) is 17.0 Å². The van der Waals surface area contributed by atoms with Gasteiger partial charge in [0, 0.05) is 0 Å². The van der Waals surface area contributed by atoms with Crippen molar-refractivity contribution in [1.29, 1.82) is 0 Å². The molecule has 0 saturated heterocycles. The van der Waals surface area contributed by atoms with Gasteiger partial charge in [0.25, 0.3) is 0 Å². The number of hydrogen-bond donors (Lipinski definition) is 3. The van der Waals surface area contributed by atoms with E-state index in [2.05, 4.69) is 9.47 Å². The molecule has 0 aromatic heterocycles. The van der Waals surface area contributed by atoms with Crippen molar-refractivity contribution in [3.05, 3.63) is 23.3 Å². The summed E-state index contributed by atoms with van der Waals surface area (Å²) in [6, 6.07) is 2.44. The number of carbonyl (C=O) groups excluding carboxylic acids is 2. The van der Waals surface area contributed by atoms with Crippen molar-refractivity contribution >= 4 is 52.8 Å². The van der Waals surface area contributed by atoms with E-state index in [1.54, 1.807) is 0 Å². The van der Waals surface area contributed by atoms with Crippen molar-refractivity contribution in [1.82, 2.24) is 0 Å². The van der Waals surface area contributed by atoms with Crippen LogP contribution in [0.4, 0.5) is 0 Å². The van der Waals surface area contributed by atoms with Gasteiger partial charge in [-0.15, -0.1) is 0 Å². The average molecular weight is 356 g/mol. The number of rotatable bonds is 7. The SMILES string of the molecule is O=C(OCCO)c1cc[c]([Na])c(C(=O)OCCO)c1S(=O)(=O)O. The zero-order valence-electron chi connectivity index (χ0n) is 12.2. The molecule has 1 aromatic carbocycles. The van der Waals surface area contributed by atoms with E-state index >= 15 is 0 Å². The topological polar surface area (TPSA) is 147 Å². The molecule has 0 heterocycles. The normalized spacial score (nSPS) is 11.2. The first-order chi connectivity index (χ1) is 10.7. The Hall–Kier alpha value is -1.01. The molecule has 1 aromatic rings. The molecule has 0 radical (unpaired) electrons. The third-order valence-electron chi connectivity index (χ3n) is 2.70. The van der Waals surface area contributed by atoms with Crippen molar-refractivity contribution < 1.29 is 42.2 Å². The van der Waals surface area contributed by atoms with E-state index in [0.29, 0.717) is 0 Å². The molecular weight excluding hydrogens is 343 g/mol. The average Bonchev–Trinajstić information content (AvgIpc) is 2.48. The minimum atomic E-state index is -4.93. The Morgan fingerprint density at radius 2 is 1.57 bits per heavy atom. The minimum absolute atomic E-state index is 0.230. The van der Waals surface area contributed by atoms with E-state index in [4.69, 9.17) is 10.2 Å². The summed E-state index contributed by atoms with van der Waals surface area (Å²) in [5, 5.41) is 17.3. The number of hydrogen-bond acceptors (Lipinski definition) is 8. The van der Waals surface area contributed by atoms with Crippen LogP contribution in [-0.2, 0) is 19.6 Å². The second kappa shape index (κ2) is 8.73. The number of esters is 2. The molecule has 0 aliphatic rings. The van der Waals surface area contributed by atoms with Gasteiger partial charge in [0.05, 0.1) is 0 Å². The quantitative estimate of drug-likeness (QED) is 0.287. The Labute approximate surface area is 149 Å². The van der Waals surface area contributed by atoms with Crippen LogP contribution >= 0.6 is 0 Å². The molecule has 0 aliphatic heterocycles. The standard InChI is InChI=1S/C12H13O9S.Na/c13-4-6-20-11(15)8-2-1-3-9(10(8)22(17,18)19)12(16)21-7-5-14;/h1-2,13-14H,4-7H2,(H,17,18,19);. The molecule has 23 heavy (non-hydrogen) atoms. The van der Waals surface area contributed by atoms with E-state index in [-0.39, 0.29) is 44.0 Å². The molecule has 0 saturated carbocycles. The summed E-state index contributed by atoms with van der Waals surface area (Å²) in [6.07, 6.45) is 0. The summed E-state index contributed by atoms with van der Waals surface area (Å²) in [6.45, 7) is -1.70. The first-order valence-corrected chi connectivity index (χ1v) is 8.85. The zero-order valence-corrected chi connectivity index (χ0v) is 15.0. The van der Waals surface area contributed by atoms with E-state index < -0.39 is 51.3 Å². The molecule has 0 bridgehead atoms. The first-order valence-electron chi connectivity index (χ1n) is 6.41. The molecule has 0 aliphatic carbocycles. The maximum atomic E-state index is 12.0. The van der Waals surface area contributed by atoms with Gasteiger partial charge in [-0.05, 0) is 0 Å². The van der Waals surface area contributed by atoms with Gasteiger partial charge in [-0.25, -0.2) is 0 Å². The van der Waals surface area contributed by atoms with Crippen molar-refractivity contribution in [2.24, 2.45) is 0 Å². The summed E-state index contributed by atoms with van der Waals surface area (Å²) in [4.78, 5) is 23.0. The third kappa shape index (κ3) is 5.24. The number of carbonyl (C=O) groups is 2. The van der Waals surface area contributed by atoms with Gasteiger partial charge in [0.15, 0.2) is 0 Å². The second-order valence-electron chi connectivity index (χ2n) is 4.33. The van der Waals surface area contributed by atoms with Crippen molar-refractivity contribution in [3.8, 4) is 0 Å². The molecule has 11 heteroatoms. The predicted molar refractivity (Wildman–Crippen MR) is 76.4 cm³/mol. The molecule has 0 amide bonds. The summed E-state index contributed by atoms with van der Waals surface area (Å²) in [7, 11) is -4.93.